The summed E-state index contributed by atoms with van der Waals surface area (Å²) < 4.78 is 0. The van der Waals surface area contributed by atoms with Crippen molar-refractivity contribution < 1.29 is 9.90 Å². The van der Waals surface area contributed by atoms with Crippen LogP contribution in [0, 0.1) is 0 Å². The SMILES string of the molecule is C\C=C(/C(C)=C\C(=C(/C)CC)C(O)CC)c1cc2cnc(NC=O)cc2cn1. The van der Waals surface area contributed by atoms with Gasteiger partial charge in [-0.3, -0.25) is 9.78 Å². The third-order valence-electron chi connectivity index (χ3n) is 4.94. The highest BCUT2D eigenvalue weighted by molar-refractivity contribution is 5.89. The summed E-state index contributed by atoms with van der Waals surface area (Å²) in [6.45, 7) is 10.2. The highest BCUT2D eigenvalue weighted by Crippen LogP contribution is 2.27. The normalized spacial score (nSPS) is 14.6. The Morgan fingerprint density at radius 3 is 2.46 bits per heavy atom. The monoisotopic (exact) mass is 379 g/mol. The van der Waals surface area contributed by atoms with Gasteiger partial charge in [0.05, 0.1) is 11.8 Å². The maximum absolute atomic E-state index is 10.6. The van der Waals surface area contributed by atoms with Gasteiger partial charge in [0.2, 0.25) is 6.41 Å². The average Bonchev–Trinajstić information content (AvgIpc) is 2.71. The summed E-state index contributed by atoms with van der Waals surface area (Å²) in [6.07, 6.45) is 9.34. The van der Waals surface area contributed by atoms with Crippen LogP contribution < -0.4 is 5.32 Å². The van der Waals surface area contributed by atoms with Gasteiger partial charge < -0.3 is 10.4 Å². The molecule has 28 heavy (non-hydrogen) atoms. The molecule has 0 aliphatic carbocycles. The van der Waals surface area contributed by atoms with Crippen LogP contribution in [0.25, 0.3) is 16.3 Å². The smallest absolute Gasteiger partial charge is 0.212 e. The van der Waals surface area contributed by atoms with Crippen molar-refractivity contribution in [2.75, 3.05) is 5.32 Å². The topological polar surface area (TPSA) is 75.1 Å². The second-order valence-corrected chi connectivity index (χ2v) is 6.79. The van der Waals surface area contributed by atoms with Gasteiger partial charge in [0.1, 0.15) is 5.82 Å². The Hall–Kier alpha value is -2.79. The molecule has 1 unspecified atom stereocenters. The molecule has 0 aromatic carbocycles. The summed E-state index contributed by atoms with van der Waals surface area (Å²) in [6, 6.07) is 3.79. The van der Waals surface area contributed by atoms with Gasteiger partial charge in [-0.25, -0.2) is 4.98 Å². The molecule has 5 nitrogen and oxygen atoms in total. The Kier molecular flexibility index (Phi) is 7.64. The van der Waals surface area contributed by atoms with Gasteiger partial charge in [-0.05, 0) is 62.5 Å². The molecule has 0 saturated carbocycles. The van der Waals surface area contributed by atoms with Crippen molar-refractivity contribution in [1.82, 2.24) is 9.97 Å². The van der Waals surface area contributed by atoms with Crippen molar-refractivity contribution in [2.45, 2.75) is 53.6 Å². The van der Waals surface area contributed by atoms with Gasteiger partial charge in [0.15, 0.2) is 0 Å². The largest absolute Gasteiger partial charge is 0.388 e. The molecule has 2 aromatic rings. The number of anilines is 1. The lowest BCUT2D eigenvalue weighted by molar-refractivity contribution is -0.105. The van der Waals surface area contributed by atoms with Crippen LogP contribution in [0.4, 0.5) is 5.82 Å². The van der Waals surface area contributed by atoms with Gasteiger partial charge >= 0.3 is 0 Å². The van der Waals surface area contributed by atoms with Crippen LogP contribution in [0.5, 0.6) is 0 Å². The van der Waals surface area contributed by atoms with Crippen molar-refractivity contribution in [2.24, 2.45) is 0 Å². The van der Waals surface area contributed by atoms with Gasteiger partial charge in [-0.1, -0.05) is 31.6 Å². The van der Waals surface area contributed by atoms with Crippen LogP contribution in [0.2, 0.25) is 0 Å². The van der Waals surface area contributed by atoms with Crippen LogP contribution in [0.1, 0.15) is 53.2 Å². The molecule has 0 bridgehead atoms. The molecule has 2 rings (SSSR count). The number of carbonyl (C=O) groups is 1. The molecule has 2 heterocycles. The minimum atomic E-state index is -0.467. The summed E-state index contributed by atoms with van der Waals surface area (Å²) in [5.41, 5.74) is 5.09. The number of hydrogen-bond acceptors (Lipinski definition) is 4. The van der Waals surface area contributed by atoms with Gasteiger partial charge in [0.25, 0.3) is 0 Å². The molecular weight excluding hydrogens is 350 g/mol. The first-order valence-corrected chi connectivity index (χ1v) is 9.64. The minimum absolute atomic E-state index is 0.467. The summed E-state index contributed by atoms with van der Waals surface area (Å²) in [5, 5.41) is 14.8. The fourth-order valence-electron chi connectivity index (χ4n) is 3.14. The molecule has 2 N–H and O–H groups in total. The van der Waals surface area contributed by atoms with Crippen molar-refractivity contribution >= 4 is 28.6 Å². The highest BCUT2D eigenvalue weighted by Gasteiger charge is 2.12. The van der Waals surface area contributed by atoms with Gasteiger partial charge in [0, 0.05) is 23.2 Å². The first kappa shape index (κ1) is 21.5. The number of pyridine rings is 2. The molecular formula is C23H29N3O2. The first-order valence-electron chi connectivity index (χ1n) is 9.64. The van der Waals surface area contributed by atoms with Crippen molar-refractivity contribution in [3.05, 3.63) is 59.1 Å². The van der Waals surface area contributed by atoms with E-state index in [9.17, 15) is 9.90 Å². The zero-order valence-electron chi connectivity index (χ0n) is 17.3. The molecule has 0 aliphatic rings. The van der Waals surface area contributed by atoms with E-state index in [2.05, 4.69) is 35.2 Å². The van der Waals surface area contributed by atoms with E-state index in [1.54, 1.807) is 18.5 Å². The van der Waals surface area contributed by atoms with E-state index in [-0.39, 0.29) is 0 Å². The van der Waals surface area contributed by atoms with E-state index in [4.69, 9.17) is 0 Å². The standard InChI is InChI=1S/C23H29N3O2/c1-6-15(4)20(22(28)8-3)9-16(5)19(7-2)21-10-17-13-25-23(26-14-27)11-18(17)12-24-21/h7,9-14,22,28H,6,8H2,1-5H3,(H,25,26,27)/b16-9-,19-7+,20-15-. The molecule has 1 atom stereocenters. The number of rotatable bonds is 8. The molecule has 0 radical (unpaired) electrons. The molecule has 1 amide bonds. The number of hydrogen-bond donors (Lipinski definition) is 2. The predicted octanol–water partition coefficient (Wildman–Crippen LogP) is 5.05. The van der Waals surface area contributed by atoms with E-state index in [0.29, 0.717) is 18.6 Å². The van der Waals surface area contributed by atoms with Crippen LogP contribution in [0.15, 0.2) is 53.4 Å². The van der Waals surface area contributed by atoms with E-state index in [1.807, 2.05) is 32.9 Å². The third kappa shape index (κ3) is 4.93. The molecule has 2 aromatic heterocycles. The summed E-state index contributed by atoms with van der Waals surface area (Å²) >= 11 is 0. The second-order valence-electron chi connectivity index (χ2n) is 6.79. The van der Waals surface area contributed by atoms with E-state index in [1.165, 1.54) is 5.57 Å². The molecule has 0 saturated heterocycles. The number of aromatic nitrogens is 2. The van der Waals surface area contributed by atoms with Crippen LogP contribution >= 0.6 is 0 Å². The Labute approximate surface area is 166 Å². The lowest BCUT2D eigenvalue weighted by Crippen LogP contribution is -2.09. The fourth-order valence-corrected chi connectivity index (χ4v) is 3.14. The summed E-state index contributed by atoms with van der Waals surface area (Å²) in [5.74, 6) is 0.498. The van der Waals surface area contributed by atoms with Crippen LogP contribution in [-0.4, -0.2) is 27.6 Å². The Bertz CT molecular complexity index is 942. The number of nitrogens with zero attached hydrogens (tertiary/aromatic N) is 2. The highest BCUT2D eigenvalue weighted by atomic mass is 16.3. The van der Waals surface area contributed by atoms with Crippen LogP contribution in [-0.2, 0) is 4.79 Å². The zero-order chi connectivity index (χ0) is 20.7. The predicted molar refractivity (Wildman–Crippen MR) is 116 cm³/mol. The Morgan fingerprint density at radius 2 is 1.86 bits per heavy atom. The maximum Gasteiger partial charge on any atom is 0.212 e. The lowest BCUT2D eigenvalue weighted by Gasteiger charge is -2.16. The van der Waals surface area contributed by atoms with Crippen molar-refractivity contribution in [3.8, 4) is 0 Å². The number of fused-ring (bicyclic) bond motifs is 1. The lowest BCUT2D eigenvalue weighted by atomic mass is 9.94. The molecule has 0 aliphatic heterocycles. The fraction of sp³-hybridized carbons (Fsp3) is 0.348. The molecule has 0 fully saturated rings. The maximum atomic E-state index is 10.6. The van der Waals surface area contributed by atoms with Crippen LogP contribution in [0.3, 0.4) is 0 Å². The number of amides is 1. The summed E-state index contributed by atoms with van der Waals surface area (Å²) in [4.78, 5) is 19.4. The number of allylic oxidation sites excluding steroid dienone is 4. The average molecular weight is 380 g/mol. The number of carbonyl (C=O) groups excluding carboxylic acids is 1. The zero-order valence-corrected chi connectivity index (χ0v) is 17.3. The molecule has 148 valence electrons. The Balaban J connectivity index is 2.46. The van der Waals surface area contributed by atoms with Crippen molar-refractivity contribution in [1.29, 1.82) is 0 Å². The van der Waals surface area contributed by atoms with Gasteiger partial charge in [-0.2, -0.15) is 0 Å². The second kappa shape index (κ2) is 9.95. The molecule has 5 heteroatoms. The number of nitrogens with one attached hydrogen (secondary N) is 1. The van der Waals surface area contributed by atoms with E-state index < -0.39 is 6.10 Å². The number of aliphatic hydroxyl groups is 1. The van der Waals surface area contributed by atoms with E-state index in [0.717, 1.165) is 39.6 Å². The third-order valence-corrected chi connectivity index (χ3v) is 4.94. The first-order chi connectivity index (χ1) is 13.4. The van der Waals surface area contributed by atoms with E-state index >= 15 is 0 Å². The van der Waals surface area contributed by atoms with Crippen molar-refractivity contribution in [3.63, 3.8) is 0 Å². The quantitative estimate of drug-likeness (QED) is 0.497. The van der Waals surface area contributed by atoms with Gasteiger partial charge in [-0.15, -0.1) is 0 Å². The summed E-state index contributed by atoms with van der Waals surface area (Å²) in [7, 11) is 0. The Morgan fingerprint density at radius 1 is 1.18 bits per heavy atom. The molecule has 0 spiro atoms. The number of aliphatic hydroxyl groups excluding tert-OH is 1. The minimum Gasteiger partial charge on any atom is -0.388 e.